The fourth-order valence-corrected chi connectivity index (χ4v) is 4.69. The Morgan fingerprint density at radius 2 is 1.64 bits per heavy atom. The van der Waals surface area contributed by atoms with Crippen LogP contribution < -0.4 is 10.6 Å². The number of carbonyl (C=O) groups excluding carboxylic acids is 2. The van der Waals surface area contributed by atoms with Crippen LogP contribution in [0.25, 0.3) is 0 Å². The van der Waals surface area contributed by atoms with Crippen LogP contribution >= 0.6 is 23.1 Å². The Labute approximate surface area is 202 Å². The average molecular weight is 485 g/mol. The number of benzene rings is 2. The monoisotopic (exact) mass is 484 g/mol. The molecule has 3 aromatic rings. The summed E-state index contributed by atoms with van der Waals surface area (Å²) in [4.78, 5) is 24.2. The molecule has 1 unspecified atom stereocenters. The highest BCUT2D eigenvalue weighted by Crippen LogP contribution is 2.28. The molecule has 1 heterocycles. The molecule has 0 spiro atoms. The van der Waals surface area contributed by atoms with Gasteiger partial charge in [0, 0.05) is 25.1 Å². The van der Waals surface area contributed by atoms with E-state index in [1.54, 1.807) is 11.8 Å². The third-order valence-electron chi connectivity index (χ3n) is 4.92. The van der Waals surface area contributed by atoms with Gasteiger partial charge in [0.1, 0.15) is 0 Å². The summed E-state index contributed by atoms with van der Waals surface area (Å²) in [6, 6.07) is 17.7. The fraction of sp³-hybridized carbons (Fsp3) is 0.333. The van der Waals surface area contributed by atoms with Gasteiger partial charge >= 0.3 is 0 Å². The quantitative estimate of drug-likeness (QED) is 0.273. The second kappa shape index (κ2) is 12.5. The minimum Gasteiger partial charge on any atom is -0.387 e. The second-order valence-electron chi connectivity index (χ2n) is 7.84. The van der Waals surface area contributed by atoms with Gasteiger partial charge in [-0.3, -0.25) is 9.59 Å². The zero-order chi connectivity index (χ0) is 23.6. The molecule has 9 heteroatoms. The van der Waals surface area contributed by atoms with Crippen molar-refractivity contribution < 1.29 is 14.7 Å². The number of aliphatic hydroxyl groups excluding tert-OH is 1. The molecule has 0 radical (unpaired) electrons. The van der Waals surface area contributed by atoms with Gasteiger partial charge in [0.15, 0.2) is 4.34 Å². The summed E-state index contributed by atoms with van der Waals surface area (Å²) in [5.41, 5.74) is 3.12. The highest BCUT2D eigenvalue weighted by atomic mass is 32.2. The molecule has 3 rings (SSSR count). The lowest BCUT2D eigenvalue weighted by Crippen LogP contribution is -2.29. The first kappa shape index (κ1) is 24.9. The van der Waals surface area contributed by atoms with Crippen LogP contribution in [0.1, 0.15) is 55.4 Å². The average Bonchev–Trinajstić information content (AvgIpc) is 3.27. The largest absolute Gasteiger partial charge is 0.387 e. The second-order valence-corrected chi connectivity index (χ2v) is 10.0. The summed E-state index contributed by atoms with van der Waals surface area (Å²) in [5.74, 6) is 0.601. The predicted molar refractivity (Wildman–Crippen MR) is 132 cm³/mol. The van der Waals surface area contributed by atoms with E-state index in [1.807, 2.05) is 54.6 Å². The number of amides is 2. The van der Waals surface area contributed by atoms with Gasteiger partial charge in [-0.25, -0.2) is 0 Å². The summed E-state index contributed by atoms with van der Waals surface area (Å²) in [7, 11) is 0. The van der Waals surface area contributed by atoms with Crippen molar-refractivity contribution in [2.24, 2.45) is 0 Å². The smallest absolute Gasteiger partial charge is 0.226 e. The van der Waals surface area contributed by atoms with Crippen LogP contribution in [0.15, 0.2) is 58.9 Å². The van der Waals surface area contributed by atoms with E-state index in [0.29, 0.717) is 11.0 Å². The molecule has 0 bridgehead atoms. The molecule has 3 N–H and O–H groups in total. The minimum atomic E-state index is -0.794. The van der Waals surface area contributed by atoms with Gasteiger partial charge in [0.2, 0.25) is 16.9 Å². The number of rotatable bonds is 11. The van der Waals surface area contributed by atoms with E-state index in [1.165, 1.54) is 22.5 Å². The van der Waals surface area contributed by atoms with Crippen molar-refractivity contribution in [1.29, 1.82) is 0 Å². The molecule has 0 aliphatic carbocycles. The molecule has 0 aliphatic heterocycles. The normalized spacial score (nSPS) is 11.9. The molecule has 0 saturated carbocycles. The van der Waals surface area contributed by atoms with Crippen molar-refractivity contribution in [3.8, 4) is 0 Å². The first-order valence-electron chi connectivity index (χ1n) is 10.8. The number of hydrogen-bond donors (Lipinski definition) is 3. The van der Waals surface area contributed by atoms with Crippen molar-refractivity contribution in [2.45, 2.75) is 48.8 Å². The molecule has 1 aromatic heterocycles. The van der Waals surface area contributed by atoms with E-state index in [4.69, 9.17) is 0 Å². The maximum Gasteiger partial charge on any atom is 0.226 e. The van der Waals surface area contributed by atoms with Crippen molar-refractivity contribution in [1.82, 2.24) is 15.5 Å². The molecule has 0 aliphatic rings. The molecule has 0 fully saturated rings. The Morgan fingerprint density at radius 3 is 2.33 bits per heavy atom. The number of aliphatic hydroxyl groups is 1. The lowest BCUT2D eigenvalue weighted by molar-refractivity contribution is -0.124. The molecular weight excluding hydrogens is 456 g/mol. The van der Waals surface area contributed by atoms with Crippen LogP contribution in [-0.4, -0.2) is 33.7 Å². The maximum atomic E-state index is 12.1. The summed E-state index contributed by atoms with van der Waals surface area (Å²) >= 11 is 2.86. The Bertz CT molecular complexity index is 1040. The van der Waals surface area contributed by atoms with Gasteiger partial charge in [0.05, 0.1) is 6.10 Å². The number of nitrogens with zero attached hydrogens (tertiary/aromatic N) is 2. The van der Waals surface area contributed by atoms with Crippen LogP contribution in [0.3, 0.4) is 0 Å². The number of aromatic nitrogens is 2. The SMILES string of the molecule is CC(C)c1ccc(C(O)CNC(=O)CCC(=O)Nc2nnc(SCc3ccccc3)s2)cc1. The van der Waals surface area contributed by atoms with Gasteiger partial charge in [-0.1, -0.05) is 91.5 Å². The molecule has 174 valence electrons. The Hall–Kier alpha value is -2.75. The highest BCUT2D eigenvalue weighted by molar-refractivity contribution is 8.00. The van der Waals surface area contributed by atoms with Crippen molar-refractivity contribution in [2.75, 3.05) is 11.9 Å². The standard InChI is InChI=1S/C24H28N4O3S2/c1-16(2)18-8-10-19(11-9-18)20(29)14-25-21(30)12-13-22(31)26-23-27-28-24(33-23)32-15-17-6-4-3-5-7-17/h3-11,16,20,29H,12-15H2,1-2H3,(H,25,30)(H,26,27,31). The summed E-state index contributed by atoms with van der Waals surface area (Å²) in [6.07, 6.45) is -0.742. The molecule has 2 aromatic carbocycles. The van der Waals surface area contributed by atoms with E-state index in [9.17, 15) is 14.7 Å². The predicted octanol–water partition coefficient (Wildman–Crippen LogP) is 4.52. The fourth-order valence-electron chi connectivity index (χ4n) is 2.97. The first-order valence-corrected chi connectivity index (χ1v) is 12.6. The van der Waals surface area contributed by atoms with Gasteiger partial charge in [-0.2, -0.15) is 0 Å². The Kier molecular flexibility index (Phi) is 9.41. The lowest BCUT2D eigenvalue weighted by atomic mass is 10.00. The van der Waals surface area contributed by atoms with Crippen molar-refractivity contribution >= 4 is 40.0 Å². The molecule has 7 nitrogen and oxygen atoms in total. The third-order valence-corrected chi connectivity index (χ3v) is 6.96. The van der Waals surface area contributed by atoms with E-state index in [2.05, 4.69) is 34.7 Å². The van der Waals surface area contributed by atoms with E-state index >= 15 is 0 Å². The van der Waals surface area contributed by atoms with Crippen molar-refractivity contribution in [3.63, 3.8) is 0 Å². The number of nitrogens with one attached hydrogen (secondary N) is 2. The van der Waals surface area contributed by atoms with E-state index in [0.717, 1.165) is 15.7 Å². The first-order chi connectivity index (χ1) is 15.9. The van der Waals surface area contributed by atoms with Gasteiger partial charge < -0.3 is 15.7 Å². The Balaban J connectivity index is 1.35. The molecule has 1 atom stereocenters. The number of carbonyl (C=O) groups is 2. The topological polar surface area (TPSA) is 104 Å². The highest BCUT2D eigenvalue weighted by Gasteiger charge is 2.13. The van der Waals surface area contributed by atoms with Crippen LogP contribution in [0.5, 0.6) is 0 Å². The number of hydrogen-bond acceptors (Lipinski definition) is 7. The van der Waals surface area contributed by atoms with E-state index in [-0.39, 0.29) is 31.2 Å². The van der Waals surface area contributed by atoms with Crippen molar-refractivity contribution in [3.05, 3.63) is 71.3 Å². The number of thioether (sulfide) groups is 1. The lowest BCUT2D eigenvalue weighted by Gasteiger charge is -2.13. The summed E-state index contributed by atoms with van der Waals surface area (Å²) in [6.45, 7) is 4.31. The van der Waals surface area contributed by atoms with Crippen LogP contribution in [0.4, 0.5) is 5.13 Å². The minimum absolute atomic E-state index is 0.0249. The molecular formula is C24H28N4O3S2. The number of anilines is 1. The van der Waals surface area contributed by atoms with Crippen LogP contribution in [-0.2, 0) is 15.3 Å². The molecule has 33 heavy (non-hydrogen) atoms. The molecule has 2 amide bonds. The molecule has 0 saturated heterocycles. The van der Waals surface area contributed by atoms with Crippen LogP contribution in [0.2, 0.25) is 0 Å². The zero-order valence-corrected chi connectivity index (χ0v) is 20.3. The van der Waals surface area contributed by atoms with Gasteiger partial charge in [-0.15, -0.1) is 10.2 Å². The van der Waals surface area contributed by atoms with Gasteiger partial charge in [0.25, 0.3) is 0 Å². The zero-order valence-electron chi connectivity index (χ0n) is 18.7. The van der Waals surface area contributed by atoms with E-state index < -0.39 is 6.10 Å². The maximum absolute atomic E-state index is 12.1. The summed E-state index contributed by atoms with van der Waals surface area (Å²) in [5, 5.41) is 24.1. The third kappa shape index (κ3) is 8.27. The van der Waals surface area contributed by atoms with Gasteiger partial charge in [-0.05, 0) is 22.6 Å². The Morgan fingerprint density at radius 1 is 0.970 bits per heavy atom. The van der Waals surface area contributed by atoms with Crippen LogP contribution in [0, 0.1) is 0 Å². The summed E-state index contributed by atoms with van der Waals surface area (Å²) < 4.78 is 0.766.